The Morgan fingerprint density at radius 3 is 2.93 bits per heavy atom. The van der Waals surface area contributed by atoms with Crippen molar-refractivity contribution in [2.75, 3.05) is 12.8 Å². The molecule has 15 heavy (non-hydrogen) atoms. The minimum Gasteiger partial charge on any atom is -0.480 e. The molecule has 0 aromatic heterocycles. The van der Waals surface area contributed by atoms with Gasteiger partial charge in [-0.2, -0.15) is 11.8 Å². The van der Waals surface area contributed by atoms with Gasteiger partial charge in [0.2, 0.25) is 0 Å². The molecule has 0 saturated heterocycles. The molecule has 3 nitrogen and oxygen atoms in total. The van der Waals surface area contributed by atoms with E-state index in [2.05, 4.69) is 12.2 Å². The zero-order valence-corrected chi connectivity index (χ0v) is 10.4. The molecule has 1 rings (SSSR count). The minimum absolute atomic E-state index is 0.516. The van der Waals surface area contributed by atoms with Crippen LogP contribution in [0.4, 0.5) is 0 Å². The van der Waals surface area contributed by atoms with E-state index < -0.39 is 11.5 Å². The number of thioether (sulfide) groups is 1. The van der Waals surface area contributed by atoms with Crippen LogP contribution < -0.4 is 5.32 Å². The average molecular weight is 231 g/mol. The van der Waals surface area contributed by atoms with Crippen molar-refractivity contribution in [3.05, 3.63) is 0 Å². The highest BCUT2D eigenvalue weighted by Gasteiger charge is 2.41. The maximum atomic E-state index is 11.3. The van der Waals surface area contributed by atoms with Crippen molar-refractivity contribution in [1.29, 1.82) is 0 Å². The molecule has 2 atom stereocenters. The number of hydrogen-bond acceptors (Lipinski definition) is 3. The van der Waals surface area contributed by atoms with Crippen LogP contribution in [-0.4, -0.2) is 34.7 Å². The molecular weight excluding hydrogens is 210 g/mol. The summed E-state index contributed by atoms with van der Waals surface area (Å²) in [6.07, 6.45) is 4.89. The second-order valence-electron chi connectivity index (χ2n) is 4.23. The quantitative estimate of drug-likeness (QED) is 0.761. The number of hydrogen-bond donors (Lipinski definition) is 2. The summed E-state index contributed by atoms with van der Waals surface area (Å²) in [6, 6.07) is 0. The highest BCUT2D eigenvalue weighted by atomic mass is 32.2. The molecule has 2 N–H and O–H groups in total. The minimum atomic E-state index is -0.688. The molecule has 4 heteroatoms. The van der Waals surface area contributed by atoms with Crippen LogP contribution in [0.2, 0.25) is 0 Å². The standard InChI is InChI=1S/C11H21NO2S/c1-3-7-15-9-5-4-6-11(8-9,12-2)10(13)14/h9,12H,3-8H2,1-2H3,(H,13,14). The summed E-state index contributed by atoms with van der Waals surface area (Å²) in [5.74, 6) is 0.455. The van der Waals surface area contributed by atoms with Gasteiger partial charge in [-0.05, 0) is 44.9 Å². The van der Waals surface area contributed by atoms with Crippen LogP contribution in [0.3, 0.4) is 0 Å². The normalized spacial score (nSPS) is 31.5. The highest BCUT2D eigenvalue weighted by molar-refractivity contribution is 7.99. The van der Waals surface area contributed by atoms with Crippen molar-refractivity contribution in [1.82, 2.24) is 5.32 Å². The molecular formula is C11H21NO2S. The number of carbonyl (C=O) groups is 1. The fourth-order valence-corrected chi connectivity index (χ4v) is 3.48. The number of carboxylic acid groups (broad SMARTS) is 1. The van der Waals surface area contributed by atoms with Crippen molar-refractivity contribution in [2.45, 2.75) is 49.8 Å². The van der Waals surface area contributed by atoms with Gasteiger partial charge in [-0.25, -0.2) is 0 Å². The summed E-state index contributed by atoms with van der Waals surface area (Å²) in [4.78, 5) is 11.3. The average Bonchev–Trinajstić information content (AvgIpc) is 2.26. The van der Waals surface area contributed by atoms with E-state index in [9.17, 15) is 9.90 Å². The SMILES string of the molecule is CCCSC1CCCC(NC)(C(=O)O)C1. The first-order valence-electron chi connectivity index (χ1n) is 5.68. The van der Waals surface area contributed by atoms with Crippen molar-refractivity contribution >= 4 is 17.7 Å². The van der Waals surface area contributed by atoms with E-state index in [0.717, 1.165) is 25.0 Å². The molecule has 0 amide bonds. The van der Waals surface area contributed by atoms with Gasteiger partial charge in [0.05, 0.1) is 0 Å². The third-order valence-electron chi connectivity index (χ3n) is 3.15. The fraction of sp³-hybridized carbons (Fsp3) is 0.909. The van der Waals surface area contributed by atoms with Gasteiger partial charge >= 0.3 is 5.97 Å². The molecule has 0 aromatic carbocycles. The van der Waals surface area contributed by atoms with Crippen molar-refractivity contribution in [3.8, 4) is 0 Å². The Labute approximate surface area is 96.0 Å². The molecule has 0 aromatic rings. The Hall–Kier alpha value is -0.220. The molecule has 0 heterocycles. The predicted molar refractivity (Wildman–Crippen MR) is 64.4 cm³/mol. The second-order valence-corrected chi connectivity index (χ2v) is 5.63. The Bertz CT molecular complexity index is 223. The smallest absolute Gasteiger partial charge is 0.323 e. The molecule has 1 aliphatic carbocycles. The van der Waals surface area contributed by atoms with E-state index in [0.29, 0.717) is 5.25 Å². The van der Waals surface area contributed by atoms with E-state index in [1.54, 1.807) is 7.05 Å². The molecule has 0 aliphatic heterocycles. The van der Waals surface area contributed by atoms with Gasteiger partial charge in [-0.15, -0.1) is 0 Å². The third kappa shape index (κ3) is 3.11. The lowest BCUT2D eigenvalue weighted by molar-refractivity contribution is -0.146. The maximum Gasteiger partial charge on any atom is 0.323 e. The van der Waals surface area contributed by atoms with E-state index in [1.807, 2.05) is 11.8 Å². The third-order valence-corrected chi connectivity index (χ3v) is 4.67. The second kappa shape index (κ2) is 5.75. The van der Waals surface area contributed by atoms with Crippen molar-refractivity contribution in [2.24, 2.45) is 0 Å². The lowest BCUT2D eigenvalue weighted by Crippen LogP contribution is -2.54. The predicted octanol–water partition coefficient (Wildman–Crippen LogP) is 2.12. The number of aliphatic carboxylic acids is 1. The Morgan fingerprint density at radius 1 is 1.67 bits per heavy atom. The first kappa shape index (κ1) is 12.8. The fourth-order valence-electron chi connectivity index (χ4n) is 2.18. The summed E-state index contributed by atoms with van der Waals surface area (Å²) in [5.41, 5.74) is -0.663. The zero-order valence-electron chi connectivity index (χ0n) is 9.58. The molecule has 0 radical (unpaired) electrons. The van der Waals surface area contributed by atoms with Gasteiger partial charge in [0, 0.05) is 5.25 Å². The first-order valence-corrected chi connectivity index (χ1v) is 6.73. The summed E-state index contributed by atoms with van der Waals surface area (Å²) in [6.45, 7) is 2.17. The molecule has 2 unspecified atom stereocenters. The summed E-state index contributed by atoms with van der Waals surface area (Å²) >= 11 is 1.93. The monoisotopic (exact) mass is 231 g/mol. The summed E-state index contributed by atoms with van der Waals surface area (Å²) < 4.78 is 0. The first-order chi connectivity index (χ1) is 7.14. The van der Waals surface area contributed by atoms with Gasteiger partial charge in [0.25, 0.3) is 0 Å². The molecule has 1 fully saturated rings. The lowest BCUT2D eigenvalue weighted by Gasteiger charge is -2.37. The van der Waals surface area contributed by atoms with E-state index in [-0.39, 0.29) is 0 Å². The van der Waals surface area contributed by atoms with Gasteiger partial charge in [0.1, 0.15) is 5.54 Å². The summed E-state index contributed by atoms with van der Waals surface area (Å²) in [5, 5.41) is 12.8. The molecule has 1 saturated carbocycles. The van der Waals surface area contributed by atoms with Crippen LogP contribution in [-0.2, 0) is 4.79 Å². The van der Waals surface area contributed by atoms with Crippen LogP contribution in [0.15, 0.2) is 0 Å². The van der Waals surface area contributed by atoms with E-state index >= 15 is 0 Å². The van der Waals surface area contributed by atoms with Gasteiger partial charge in [0.15, 0.2) is 0 Å². The Kier molecular flexibility index (Phi) is 4.93. The number of likely N-dealkylation sites (N-methyl/N-ethyl adjacent to an activating group) is 1. The van der Waals surface area contributed by atoms with E-state index in [1.165, 1.54) is 12.8 Å². The van der Waals surface area contributed by atoms with Gasteiger partial charge in [-0.1, -0.05) is 6.92 Å². The summed E-state index contributed by atoms with van der Waals surface area (Å²) in [7, 11) is 1.76. The Morgan fingerprint density at radius 2 is 2.40 bits per heavy atom. The van der Waals surface area contributed by atoms with Crippen LogP contribution in [0.25, 0.3) is 0 Å². The topological polar surface area (TPSA) is 49.3 Å². The molecule has 0 bridgehead atoms. The van der Waals surface area contributed by atoms with Gasteiger partial charge < -0.3 is 10.4 Å². The highest BCUT2D eigenvalue weighted by Crippen LogP contribution is 2.35. The largest absolute Gasteiger partial charge is 0.480 e. The zero-order chi connectivity index (χ0) is 11.3. The molecule has 0 spiro atoms. The maximum absolute atomic E-state index is 11.3. The molecule has 1 aliphatic rings. The van der Waals surface area contributed by atoms with Gasteiger partial charge in [-0.3, -0.25) is 4.79 Å². The van der Waals surface area contributed by atoms with Crippen molar-refractivity contribution < 1.29 is 9.90 Å². The van der Waals surface area contributed by atoms with Crippen LogP contribution >= 0.6 is 11.8 Å². The van der Waals surface area contributed by atoms with E-state index in [4.69, 9.17) is 0 Å². The number of nitrogens with one attached hydrogen (secondary N) is 1. The Balaban J connectivity index is 2.56. The molecule has 88 valence electrons. The number of rotatable bonds is 5. The van der Waals surface area contributed by atoms with Crippen LogP contribution in [0, 0.1) is 0 Å². The number of carboxylic acids is 1. The lowest BCUT2D eigenvalue weighted by atomic mass is 9.81. The van der Waals surface area contributed by atoms with Crippen molar-refractivity contribution in [3.63, 3.8) is 0 Å². The van der Waals surface area contributed by atoms with Crippen LogP contribution in [0.5, 0.6) is 0 Å². The van der Waals surface area contributed by atoms with Crippen LogP contribution in [0.1, 0.15) is 39.0 Å².